The first-order valence-electron chi connectivity index (χ1n) is 9.41. The quantitative estimate of drug-likeness (QED) is 0.463. The minimum atomic E-state index is -0.802. The van der Waals surface area contributed by atoms with Gasteiger partial charge in [0, 0.05) is 18.6 Å². The van der Waals surface area contributed by atoms with Crippen LogP contribution in [-0.4, -0.2) is 37.0 Å². The number of hydrogen-bond acceptors (Lipinski definition) is 4. The van der Waals surface area contributed by atoms with E-state index in [1.54, 1.807) is 29.9 Å². The van der Waals surface area contributed by atoms with Gasteiger partial charge in [0.2, 0.25) is 5.91 Å². The van der Waals surface area contributed by atoms with E-state index in [0.29, 0.717) is 12.2 Å². The van der Waals surface area contributed by atoms with Crippen LogP contribution < -0.4 is 10.6 Å². The summed E-state index contributed by atoms with van der Waals surface area (Å²) < 4.78 is 3.60. The zero-order valence-electron chi connectivity index (χ0n) is 16.4. The van der Waals surface area contributed by atoms with Crippen LogP contribution in [0.2, 0.25) is 10.0 Å². The highest BCUT2D eigenvalue weighted by Gasteiger charge is 2.19. The minimum Gasteiger partial charge on any atom is -0.340 e. The number of carbonyl (C=O) groups is 2. The number of anilines is 1. The van der Waals surface area contributed by atoms with Crippen molar-refractivity contribution in [2.75, 3.05) is 5.32 Å². The molecule has 1 aromatic carbocycles. The molecule has 0 spiro atoms. The van der Waals surface area contributed by atoms with E-state index >= 15 is 0 Å². The lowest BCUT2D eigenvalue weighted by Gasteiger charge is -2.14. The largest absolute Gasteiger partial charge is 0.340 e. The molecule has 0 bridgehead atoms. The Kier molecular flexibility index (Phi) is 5.92. The minimum absolute atomic E-state index is 0.141. The van der Waals surface area contributed by atoms with Gasteiger partial charge >= 0.3 is 0 Å². The number of nitrogens with zero attached hydrogens (tertiary/aromatic N) is 4. The molecule has 0 fully saturated rings. The number of rotatable bonds is 6. The summed E-state index contributed by atoms with van der Waals surface area (Å²) in [6.07, 6.45) is 7.08. The standard InChI is InChI=1S/C21H18Cl2N6O2/c1-13(25-21(31)16-5-4-6-17(22)19(16)23)20(30)27-14-9-24-29(11-14)12-15-10-28-8-3-2-7-18(28)26-15/h2-11,13H,12H2,1H3,(H,25,31)(H,27,30). The number of fused-ring (bicyclic) bond motifs is 1. The van der Waals surface area contributed by atoms with E-state index < -0.39 is 17.9 Å². The number of imidazole rings is 1. The van der Waals surface area contributed by atoms with Crippen molar-refractivity contribution in [1.29, 1.82) is 0 Å². The van der Waals surface area contributed by atoms with Gasteiger partial charge < -0.3 is 15.0 Å². The molecule has 4 aromatic rings. The lowest BCUT2D eigenvalue weighted by molar-refractivity contribution is -0.117. The first-order valence-corrected chi connectivity index (χ1v) is 10.2. The van der Waals surface area contributed by atoms with Gasteiger partial charge in [-0.2, -0.15) is 5.10 Å². The number of carbonyl (C=O) groups excluding carboxylic acids is 2. The third kappa shape index (κ3) is 4.70. The van der Waals surface area contributed by atoms with Crippen LogP contribution in [-0.2, 0) is 11.3 Å². The molecule has 1 atom stereocenters. The number of halogens is 2. The summed E-state index contributed by atoms with van der Waals surface area (Å²) in [7, 11) is 0. The van der Waals surface area contributed by atoms with Crippen LogP contribution in [0.5, 0.6) is 0 Å². The molecule has 2 N–H and O–H groups in total. The van der Waals surface area contributed by atoms with E-state index in [9.17, 15) is 9.59 Å². The van der Waals surface area contributed by atoms with E-state index in [1.165, 1.54) is 12.3 Å². The van der Waals surface area contributed by atoms with Gasteiger partial charge in [-0.05, 0) is 31.2 Å². The molecule has 0 aliphatic carbocycles. The molecule has 0 saturated heterocycles. The summed E-state index contributed by atoms with van der Waals surface area (Å²) in [6.45, 7) is 2.03. The third-order valence-electron chi connectivity index (χ3n) is 4.58. The molecule has 1 unspecified atom stereocenters. The van der Waals surface area contributed by atoms with E-state index in [1.807, 2.05) is 35.0 Å². The predicted molar refractivity (Wildman–Crippen MR) is 119 cm³/mol. The average molecular weight is 457 g/mol. The average Bonchev–Trinajstić information content (AvgIpc) is 3.36. The Hall–Kier alpha value is -3.36. The maximum Gasteiger partial charge on any atom is 0.253 e. The summed E-state index contributed by atoms with van der Waals surface area (Å²) in [5.41, 5.74) is 2.40. The molecule has 2 amide bonds. The molecule has 31 heavy (non-hydrogen) atoms. The van der Waals surface area contributed by atoms with Crippen LogP contribution >= 0.6 is 23.2 Å². The summed E-state index contributed by atoms with van der Waals surface area (Å²) in [4.78, 5) is 29.4. The SMILES string of the molecule is CC(NC(=O)c1cccc(Cl)c1Cl)C(=O)Nc1cnn(Cc2cn3ccccc3n2)c1. The Morgan fingerprint density at radius 2 is 1.97 bits per heavy atom. The fourth-order valence-electron chi connectivity index (χ4n) is 3.01. The molecule has 0 saturated carbocycles. The smallest absolute Gasteiger partial charge is 0.253 e. The monoisotopic (exact) mass is 456 g/mol. The topological polar surface area (TPSA) is 93.3 Å². The Balaban J connectivity index is 1.36. The van der Waals surface area contributed by atoms with Crippen molar-refractivity contribution in [2.45, 2.75) is 19.5 Å². The fourth-order valence-corrected chi connectivity index (χ4v) is 3.40. The van der Waals surface area contributed by atoms with Crippen molar-refractivity contribution in [1.82, 2.24) is 24.5 Å². The zero-order valence-corrected chi connectivity index (χ0v) is 17.9. The first kappa shape index (κ1) is 20.9. The van der Waals surface area contributed by atoms with Gasteiger partial charge in [0.1, 0.15) is 11.7 Å². The highest BCUT2D eigenvalue weighted by atomic mass is 35.5. The molecular weight excluding hydrogens is 439 g/mol. The van der Waals surface area contributed by atoms with Crippen molar-refractivity contribution >= 4 is 46.4 Å². The third-order valence-corrected chi connectivity index (χ3v) is 5.39. The number of pyridine rings is 1. The second kappa shape index (κ2) is 8.79. The van der Waals surface area contributed by atoms with Crippen LogP contribution in [0.3, 0.4) is 0 Å². The zero-order chi connectivity index (χ0) is 22.0. The maximum absolute atomic E-state index is 12.5. The van der Waals surface area contributed by atoms with Crippen molar-refractivity contribution in [3.63, 3.8) is 0 Å². The molecule has 10 heteroatoms. The van der Waals surface area contributed by atoms with E-state index in [4.69, 9.17) is 23.2 Å². The van der Waals surface area contributed by atoms with Gasteiger partial charge in [0.25, 0.3) is 5.91 Å². The maximum atomic E-state index is 12.5. The second-order valence-corrected chi connectivity index (χ2v) is 7.70. The molecule has 8 nitrogen and oxygen atoms in total. The highest BCUT2D eigenvalue weighted by molar-refractivity contribution is 6.43. The van der Waals surface area contributed by atoms with Gasteiger partial charge in [-0.3, -0.25) is 14.3 Å². The van der Waals surface area contributed by atoms with Crippen LogP contribution in [0.1, 0.15) is 23.0 Å². The van der Waals surface area contributed by atoms with Crippen LogP contribution in [0, 0.1) is 0 Å². The van der Waals surface area contributed by atoms with E-state index in [-0.39, 0.29) is 15.6 Å². The first-order chi connectivity index (χ1) is 14.9. The van der Waals surface area contributed by atoms with Crippen molar-refractivity contribution < 1.29 is 9.59 Å². The number of nitrogens with one attached hydrogen (secondary N) is 2. The Labute approximate surface area is 187 Å². The molecule has 4 rings (SSSR count). The Bertz CT molecular complexity index is 1230. The molecular formula is C21H18Cl2N6O2. The summed E-state index contributed by atoms with van der Waals surface area (Å²) >= 11 is 12.0. The van der Waals surface area contributed by atoms with Crippen molar-refractivity contribution in [3.8, 4) is 0 Å². The van der Waals surface area contributed by atoms with Gasteiger partial charge in [-0.1, -0.05) is 35.3 Å². The highest BCUT2D eigenvalue weighted by Crippen LogP contribution is 2.25. The van der Waals surface area contributed by atoms with Crippen LogP contribution in [0.15, 0.2) is 61.2 Å². The van der Waals surface area contributed by atoms with Gasteiger partial charge in [0.15, 0.2) is 0 Å². The van der Waals surface area contributed by atoms with Crippen LogP contribution in [0.4, 0.5) is 5.69 Å². The van der Waals surface area contributed by atoms with E-state index in [0.717, 1.165) is 11.3 Å². The second-order valence-electron chi connectivity index (χ2n) is 6.91. The van der Waals surface area contributed by atoms with Gasteiger partial charge in [0.05, 0.1) is 39.7 Å². The number of amides is 2. The number of aromatic nitrogens is 4. The lowest BCUT2D eigenvalue weighted by Crippen LogP contribution is -2.41. The van der Waals surface area contributed by atoms with Crippen molar-refractivity contribution in [2.24, 2.45) is 0 Å². The molecule has 3 heterocycles. The van der Waals surface area contributed by atoms with E-state index in [2.05, 4.69) is 20.7 Å². The van der Waals surface area contributed by atoms with Crippen LogP contribution in [0.25, 0.3) is 5.65 Å². The normalized spacial score (nSPS) is 12.0. The summed E-state index contributed by atoms with van der Waals surface area (Å²) in [6, 6.07) is 9.71. The summed E-state index contributed by atoms with van der Waals surface area (Å²) in [5, 5.41) is 10.0. The molecule has 0 aliphatic heterocycles. The van der Waals surface area contributed by atoms with Gasteiger partial charge in [-0.25, -0.2) is 4.98 Å². The Morgan fingerprint density at radius 1 is 1.13 bits per heavy atom. The number of hydrogen-bond donors (Lipinski definition) is 2. The van der Waals surface area contributed by atoms with Gasteiger partial charge in [-0.15, -0.1) is 0 Å². The molecule has 158 valence electrons. The number of benzene rings is 1. The molecule has 0 aliphatic rings. The lowest BCUT2D eigenvalue weighted by atomic mass is 10.2. The molecule has 0 radical (unpaired) electrons. The fraction of sp³-hybridized carbons (Fsp3) is 0.143. The van der Waals surface area contributed by atoms with Crippen molar-refractivity contribution in [3.05, 3.63) is 82.5 Å². The Morgan fingerprint density at radius 3 is 2.77 bits per heavy atom. The summed E-state index contributed by atoms with van der Waals surface area (Å²) in [5.74, 6) is -0.878. The molecule has 3 aromatic heterocycles. The predicted octanol–water partition coefficient (Wildman–Crippen LogP) is 3.64.